The molecule has 0 fully saturated rings. The molecule has 2 aromatic rings. The summed E-state index contributed by atoms with van der Waals surface area (Å²) in [5, 5.41) is 1.57. The van der Waals surface area contributed by atoms with Gasteiger partial charge in [-0.15, -0.1) is 0 Å². The zero-order valence-electron chi connectivity index (χ0n) is 27.5. The van der Waals surface area contributed by atoms with Crippen molar-refractivity contribution in [3.05, 3.63) is 46.5 Å². The Kier molecular flexibility index (Phi) is 21.0. The Morgan fingerprint density at radius 3 is 1.47 bits per heavy atom. The lowest BCUT2D eigenvalue weighted by molar-refractivity contribution is 0.300. The van der Waals surface area contributed by atoms with Gasteiger partial charge in [0.05, 0.1) is 26.9 Å². The third-order valence-corrected chi connectivity index (χ3v) is 8.66. The maximum atomic E-state index is 6.46. The summed E-state index contributed by atoms with van der Waals surface area (Å²) in [4.78, 5) is 0. The van der Waals surface area contributed by atoms with Gasteiger partial charge in [-0.2, -0.15) is 0 Å². The Morgan fingerprint density at radius 2 is 0.953 bits per heavy atom. The molecule has 0 aromatic heterocycles. The van der Waals surface area contributed by atoms with E-state index in [1.165, 1.54) is 89.0 Å². The Hall–Kier alpha value is -1.40. The van der Waals surface area contributed by atoms with Gasteiger partial charge in [-0.05, 0) is 55.2 Å². The third kappa shape index (κ3) is 15.0. The lowest BCUT2D eigenvalue weighted by atomic mass is 9.98. The normalized spacial score (nSPS) is 11.1. The van der Waals surface area contributed by atoms with Crippen LogP contribution >= 0.6 is 31.9 Å². The van der Waals surface area contributed by atoms with Crippen LogP contribution in [0.25, 0.3) is 0 Å². The highest BCUT2D eigenvalue weighted by Crippen LogP contribution is 2.36. The highest BCUT2D eigenvalue weighted by Gasteiger charge is 2.16. The molecule has 2 rings (SSSR count). The first kappa shape index (κ1) is 37.8. The molecule has 0 amide bonds. The van der Waals surface area contributed by atoms with Crippen LogP contribution in [0.5, 0.6) is 23.0 Å². The number of hydrogen-bond donors (Lipinski definition) is 0. The fraction of sp³-hybridized carbons (Fsp3) is 0.676. The fourth-order valence-corrected chi connectivity index (χ4v) is 5.82. The quantitative estimate of drug-likeness (QED) is 0.0715. The summed E-state index contributed by atoms with van der Waals surface area (Å²) in [5.74, 6) is 3.64. The van der Waals surface area contributed by atoms with E-state index >= 15 is 0 Å². The second-order valence-corrected chi connectivity index (χ2v) is 13.1. The number of aryl methyl sites for hydroxylation is 2. The van der Waals surface area contributed by atoms with E-state index in [2.05, 4.69) is 76.9 Å². The minimum Gasteiger partial charge on any atom is -0.496 e. The second kappa shape index (κ2) is 23.9. The van der Waals surface area contributed by atoms with Gasteiger partial charge in [0.2, 0.25) is 0 Å². The van der Waals surface area contributed by atoms with Crippen molar-refractivity contribution in [1.29, 1.82) is 0 Å². The summed E-state index contributed by atoms with van der Waals surface area (Å²) < 4.78 is 24.4. The van der Waals surface area contributed by atoms with Crippen LogP contribution in [0.1, 0.15) is 126 Å². The van der Waals surface area contributed by atoms with Gasteiger partial charge in [-0.3, -0.25) is 0 Å². The molecule has 0 saturated carbocycles. The molecule has 0 aliphatic rings. The van der Waals surface area contributed by atoms with Crippen molar-refractivity contribution in [2.75, 3.05) is 37.6 Å². The van der Waals surface area contributed by atoms with Crippen molar-refractivity contribution in [2.45, 2.75) is 124 Å². The van der Waals surface area contributed by atoms with Crippen molar-refractivity contribution < 1.29 is 18.9 Å². The van der Waals surface area contributed by atoms with E-state index in [-0.39, 0.29) is 0 Å². The zero-order valence-corrected chi connectivity index (χ0v) is 30.7. The molecule has 0 unspecified atom stereocenters. The molecule has 0 heterocycles. The maximum absolute atomic E-state index is 6.46. The molecule has 2 aromatic carbocycles. The van der Waals surface area contributed by atoms with Gasteiger partial charge in [0, 0.05) is 28.2 Å². The minimum atomic E-state index is 0.606. The molecule has 0 saturated heterocycles. The molecule has 0 N–H and O–H groups in total. The van der Waals surface area contributed by atoms with Gasteiger partial charge < -0.3 is 18.9 Å². The molecule has 0 aliphatic heterocycles. The Balaban J connectivity index is 1.93. The van der Waals surface area contributed by atoms with Crippen molar-refractivity contribution >= 4 is 31.9 Å². The predicted octanol–water partition coefficient (Wildman–Crippen LogP) is 11.6. The largest absolute Gasteiger partial charge is 0.496 e. The van der Waals surface area contributed by atoms with Gasteiger partial charge in [-0.25, -0.2) is 0 Å². The summed E-state index contributed by atoms with van der Waals surface area (Å²) in [6.07, 6.45) is 20.6. The standard InChI is InChI=1S/C37H58Br2O4/c1-5-7-8-9-10-11-12-13-14-15-16-17-18-19-22-41-37-27-31(6-2)35(40-4)29-33(37)26-32-28-34(42-23-20-38)30(3)25-36(32)43-24-21-39/h25,27-29H,5-24,26H2,1-4H3. The third-order valence-electron chi connectivity index (χ3n) is 8.01. The van der Waals surface area contributed by atoms with Crippen LogP contribution < -0.4 is 18.9 Å². The number of alkyl halides is 2. The molecule has 0 atom stereocenters. The molecule has 244 valence electrons. The van der Waals surface area contributed by atoms with Crippen LogP contribution in [0.4, 0.5) is 0 Å². The lowest BCUT2D eigenvalue weighted by Crippen LogP contribution is -2.07. The number of hydrogen-bond acceptors (Lipinski definition) is 4. The van der Waals surface area contributed by atoms with Crippen LogP contribution in [-0.2, 0) is 12.8 Å². The summed E-state index contributed by atoms with van der Waals surface area (Å²) >= 11 is 6.97. The van der Waals surface area contributed by atoms with Crippen molar-refractivity contribution in [3.63, 3.8) is 0 Å². The number of rotatable bonds is 26. The Morgan fingerprint density at radius 1 is 0.512 bits per heavy atom. The van der Waals surface area contributed by atoms with E-state index in [9.17, 15) is 0 Å². The van der Waals surface area contributed by atoms with Crippen LogP contribution in [0.15, 0.2) is 24.3 Å². The first-order chi connectivity index (χ1) is 21.1. The predicted molar refractivity (Wildman–Crippen MR) is 191 cm³/mol. The fourth-order valence-electron chi connectivity index (χ4n) is 5.50. The van der Waals surface area contributed by atoms with Gasteiger partial charge >= 0.3 is 0 Å². The first-order valence-corrected chi connectivity index (χ1v) is 19.2. The average molecular weight is 727 g/mol. The lowest BCUT2D eigenvalue weighted by Gasteiger charge is -2.19. The van der Waals surface area contributed by atoms with Gasteiger partial charge in [0.25, 0.3) is 0 Å². The van der Waals surface area contributed by atoms with Crippen LogP contribution in [-0.4, -0.2) is 37.6 Å². The molecule has 43 heavy (non-hydrogen) atoms. The number of halogens is 2. The molecular weight excluding hydrogens is 668 g/mol. The van der Waals surface area contributed by atoms with Crippen LogP contribution in [0.2, 0.25) is 0 Å². The van der Waals surface area contributed by atoms with Gasteiger partial charge in [0.1, 0.15) is 23.0 Å². The molecule has 0 radical (unpaired) electrons. The smallest absolute Gasteiger partial charge is 0.123 e. The number of unbranched alkanes of at least 4 members (excludes halogenated alkanes) is 13. The van der Waals surface area contributed by atoms with Crippen molar-refractivity contribution in [1.82, 2.24) is 0 Å². The number of methoxy groups -OCH3 is 1. The summed E-state index contributed by atoms with van der Waals surface area (Å²) in [5.41, 5.74) is 4.44. The van der Waals surface area contributed by atoms with E-state index in [1.54, 1.807) is 7.11 Å². The van der Waals surface area contributed by atoms with E-state index in [4.69, 9.17) is 18.9 Å². The number of benzene rings is 2. The second-order valence-electron chi connectivity index (χ2n) is 11.5. The monoisotopic (exact) mass is 724 g/mol. The van der Waals surface area contributed by atoms with Crippen LogP contribution in [0, 0.1) is 6.92 Å². The highest BCUT2D eigenvalue weighted by molar-refractivity contribution is 9.09. The summed E-state index contributed by atoms with van der Waals surface area (Å²) in [7, 11) is 1.75. The average Bonchev–Trinajstić information content (AvgIpc) is 3.02. The maximum Gasteiger partial charge on any atom is 0.123 e. The van der Waals surface area contributed by atoms with E-state index in [0.717, 1.165) is 69.8 Å². The highest BCUT2D eigenvalue weighted by atomic mass is 79.9. The SMILES string of the molecule is CCCCCCCCCCCCCCCCOc1cc(CC)c(OC)cc1Cc1cc(OCCBr)c(C)cc1OCCBr. The molecular formula is C37H58Br2O4. The summed E-state index contributed by atoms with van der Waals surface area (Å²) in [6, 6.07) is 8.54. The Bertz CT molecular complexity index is 1010. The van der Waals surface area contributed by atoms with E-state index < -0.39 is 0 Å². The Labute approximate surface area is 280 Å². The van der Waals surface area contributed by atoms with Crippen molar-refractivity contribution in [3.8, 4) is 23.0 Å². The summed E-state index contributed by atoms with van der Waals surface area (Å²) in [6.45, 7) is 8.48. The molecule has 0 bridgehead atoms. The van der Waals surface area contributed by atoms with E-state index in [0.29, 0.717) is 19.6 Å². The molecule has 4 nitrogen and oxygen atoms in total. The minimum absolute atomic E-state index is 0.606. The molecule has 6 heteroatoms. The first-order valence-electron chi connectivity index (χ1n) is 16.9. The topological polar surface area (TPSA) is 36.9 Å². The molecule has 0 aliphatic carbocycles. The zero-order chi connectivity index (χ0) is 31.1. The van der Waals surface area contributed by atoms with Gasteiger partial charge in [0.15, 0.2) is 0 Å². The van der Waals surface area contributed by atoms with Crippen LogP contribution in [0.3, 0.4) is 0 Å². The van der Waals surface area contributed by atoms with Crippen molar-refractivity contribution in [2.24, 2.45) is 0 Å². The number of ether oxygens (including phenoxy) is 4. The molecule has 0 spiro atoms. The van der Waals surface area contributed by atoms with E-state index in [1.807, 2.05) is 0 Å². The van der Waals surface area contributed by atoms with Gasteiger partial charge in [-0.1, -0.05) is 129 Å².